The molecule has 1 fully saturated rings. The number of ether oxygens (including phenoxy) is 1. The molecule has 5 aromatic rings. The molecule has 0 aliphatic carbocycles. The second-order valence-electron chi connectivity index (χ2n) is 9.34. The van der Waals surface area contributed by atoms with Gasteiger partial charge in [0.15, 0.2) is 5.82 Å². The van der Waals surface area contributed by atoms with Crippen molar-refractivity contribution in [1.29, 1.82) is 0 Å². The lowest BCUT2D eigenvalue weighted by molar-refractivity contribution is -0.117. The van der Waals surface area contributed by atoms with E-state index in [0.29, 0.717) is 35.1 Å². The zero-order valence-electron chi connectivity index (χ0n) is 21.5. The first kappa shape index (κ1) is 24.2. The second-order valence-corrected chi connectivity index (χ2v) is 9.34. The Balaban J connectivity index is 1.21. The van der Waals surface area contributed by atoms with Gasteiger partial charge in [-0.05, 0) is 55.3 Å². The molecule has 0 radical (unpaired) electrons. The summed E-state index contributed by atoms with van der Waals surface area (Å²) in [7, 11) is 1.85. The molecule has 4 heterocycles. The van der Waals surface area contributed by atoms with Gasteiger partial charge in [-0.1, -0.05) is 11.8 Å². The van der Waals surface area contributed by atoms with Crippen molar-refractivity contribution in [2.45, 2.75) is 19.4 Å². The van der Waals surface area contributed by atoms with Gasteiger partial charge in [0, 0.05) is 37.9 Å². The van der Waals surface area contributed by atoms with Crippen molar-refractivity contribution in [2.75, 3.05) is 23.3 Å². The van der Waals surface area contributed by atoms with E-state index in [-0.39, 0.29) is 11.9 Å². The third-order valence-electron chi connectivity index (χ3n) is 6.62. The van der Waals surface area contributed by atoms with Crippen LogP contribution in [0.1, 0.15) is 12.0 Å². The summed E-state index contributed by atoms with van der Waals surface area (Å²) in [6.07, 6.45) is 5.26. The van der Waals surface area contributed by atoms with Gasteiger partial charge in [-0.3, -0.25) is 4.79 Å². The number of carbonyl (C=O) groups excluding carboxylic acids is 1. The summed E-state index contributed by atoms with van der Waals surface area (Å²) in [4.78, 5) is 31.7. The number of carbonyl (C=O) groups is 1. The Kier molecular flexibility index (Phi) is 6.19. The van der Waals surface area contributed by atoms with E-state index in [4.69, 9.17) is 9.72 Å². The van der Waals surface area contributed by atoms with Crippen LogP contribution in [0.2, 0.25) is 0 Å². The molecule has 39 heavy (non-hydrogen) atoms. The molecule has 1 saturated heterocycles. The van der Waals surface area contributed by atoms with Gasteiger partial charge in [0.1, 0.15) is 34.4 Å². The summed E-state index contributed by atoms with van der Waals surface area (Å²) in [6, 6.07) is 11.5. The van der Waals surface area contributed by atoms with E-state index < -0.39 is 0 Å². The molecule has 2 aromatic carbocycles. The van der Waals surface area contributed by atoms with Gasteiger partial charge in [-0.2, -0.15) is 0 Å². The molecule has 0 spiro atoms. The maximum absolute atomic E-state index is 11.7. The lowest BCUT2D eigenvalue weighted by atomic mass is 10.2. The minimum absolute atomic E-state index is 0.0191. The molecule has 0 bridgehead atoms. The van der Waals surface area contributed by atoms with Crippen molar-refractivity contribution in [1.82, 2.24) is 40.2 Å². The summed E-state index contributed by atoms with van der Waals surface area (Å²) in [6.45, 7) is 6.84. The number of aromatic nitrogens is 7. The monoisotopic (exact) mass is 522 g/mol. The Bertz CT molecular complexity index is 1720. The van der Waals surface area contributed by atoms with E-state index in [0.717, 1.165) is 41.0 Å². The Morgan fingerprint density at radius 1 is 1.15 bits per heavy atom. The van der Waals surface area contributed by atoms with Crippen molar-refractivity contribution in [3.8, 4) is 11.5 Å². The van der Waals surface area contributed by atoms with Crippen LogP contribution in [0.15, 0.2) is 61.6 Å². The zero-order chi connectivity index (χ0) is 26.9. The molecule has 6 rings (SSSR count). The molecule has 12 nitrogen and oxygen atoms in total. The highest BCUT2D eigenvalue weighted by Crippen LogP contribution is 2.31. The number of nitrogens with one attached hydrogen (secondary N) is 2. The van der Waals surface area contributed by atoms with E-state index >= 15 is 0 Å². The van der Waals surface area contributed by atoms with Crippen LogP contribution < -0.4 is 20.3 Å². The van der Waals surface area contributed by atoms with Gasteiger partial charge in [-0.25, -0.2) is 24.6 Å². The fraction of sp³-hybridized carbons (Fsp3) is 0.222. The predicted molar refractivity (Wildman–Crippen MR) is 147 cm³/mol. The lowest BCUT2D eigenvalue weighted by Gasteiger charge is -2.17. The molecule has 196 valence electrons. The quantitative estimate of drug-likeness (QED) is 0.306. The van der Waals surface area contributed by atoms with Crippen molar-refractivity contribution < 1.29 is 9.53 Å². The number of nitrogens with zero attached hydrogens (tertiary/aromatic N) is 8. The van der Waals surface area contributed by atoms with E-state index in [1.54, 1.807) is 10.9 Å². The van der Waals surface area contributed by atoms with Crippen molar-refractivity contribution in [2.24, 2.45) is 7.05 Å². The van der Waals surface area contributed by atoms with Crippen LogP contribution in [0.4, 0.5) is 17.5 Å². The Labute approximate surface area is 223 Å². The predicted octanol–water partition coefficient (Wildman–Crippen LogP) is 3.43. The number of fused-ring (bicyclic) bond motifs is 2. The SMILES string of the molecule is C=CC(=O)NC1CCN(c2ncc3ncnc(Nc4ccc(Oc5ccc6c(c5)nnn6C)c(C)c4)c3n2)C1. The fourth-order valence-electron chi connectivity index (χ4n) is 4.60. The van der Waals surface area contributed by atoms with Gasteiger partial charge < -0.3 is 20.3 Å². The number of rotatable bonds is 7. The van der Waals surface area contributed by atoms with Crippen LogP contribution in [0.3, 0.4) is 0 Å². The van der Waals surface area contributed by atoms with Gasteiger partial charge in [0.2, 0.25) is 11.9 Å². The van der Waals surface area contributed by atoms with Crippen LogP contribution in [0.5, 0.6) is 11.5 Å². The summed E-state index contributed by atoms with van der Waals surface area (Å²) in [5.41, 5.74) is 4.72. The average Bonchev–Trinajstić information content (AvgIpc) is 3.56. The molecular formula is C27H26N10O2. The summed E-state index contributed by atoms with van der Waals surface area (Å²) < 4.78 is 7.85. The fourth-order valence-corrected chi connectivity index (χ4v) is 4.60. The average molecular weight is 523 g/mol. The molecule has 0 saturated carbocycles. The largest absolute Gasteiger partial charge is 0.457 e. The van der Waals surface area contributed by atoms with E-state index in [1.165, 1.54) is 12.4 Å². The standard InChI is InChI=1S/C27H26N10O2/c1-4-24(38)31-18-9-10-37(14-18)27-28-13-21-25(33-27)26(30-15-29-21)32-17-5-8-23(16(2)11-17)39-19-6-7-22-20(12-19)34-35-36(22)3/h4-8,11-13,15,18H,1,9-10,14H2,2-3H3,(H,31,38)(H,29,30,32). The number of anilines is 3. The van der Waals surface area contributed by atoms with Crippen molar-refractivity contribution >= 4 is 45.4 Å². The molecule has 2 N–H and O–H groups in total. The second kappa shape index (κ2) is 9.97. The maximum Gasteiger partial charge on any atom is 0.243 e. The minimum Gasteiger partial charge on any atom is -0.457 e. The maximum atomic E-state index is 11.7. The van der Waals surface area contributed by atoms with Gasteiger partial charge >= 0.3 is 0 Å². The van der Waals surface area contributed by atoms with Crippen molar-refractivity contribution in [3.63, 3.8) is 0 Å². The van der Waals surface area contributed by atoms with Crippen LogP contribution >= 0.6 is 0 Å². The van der Waals surface area contributed by atoms with Gasteiger partial charge in [0.05, 0.1) is 11.7 Å². The van der Waals surface area contributed by atoms with E-state index in [1.807, 2.05) is 55.3 Å². The highest BCUT2D eigenvalue weighted by atomic mass is 16.5. The van der Waals surface area contributed by atoms with E-state index in [9.17, 15) is 4.79 Å². The molecule has 1 aliphatic rings. The van der Waals surface area contributed by atoms with Crippen LogP contribution in [-0.2, 0) is 11.8 Å². The van der Waals surface area contributed by atoms with Gasteiger partial charge in [-0.15, -0.1) is 5.10 Å². The summed E-state index contributed by atoms with van der Waals surface area (Å²) >= 11 is 0. The van der Waals surface area contributed by atoms with Crippen molar-refractivity contribution in [3.05, 3.63) is 67.1 Å². The smallest absolute Gasteiger partial charge is 0.243 e. The molecule has 1 unspecified atom stereocenters. The Hall–Kier alpha value is -5.13. The molecular weight excluding hydrogens is 496 g/mol. The first-order chi connectivity index (χ1) is 19.0. The van der Waals surface area contributed by atoms with Crippen LogP contribution in [-0.4, -0.2) is 60.0 Å². The molecule has 3 aromatic heterocycles. The Morgan fingerprint density at radius 3 is 2.90 bits per heavy atom. The number of amides is 1. The van der Waals surface area contributed by atoms with E-state index in [2.05, 4.69) is 42.5 Å². The minimum atomic E-state index is -0.181. The zero-order valence-corrected chi connectivity index (χ0v) is 21.5. The molecule has 1 aliphatic heterocycles. The highest BCUT2D eigenvalue weighted by molar-refractivity contribution is 5.88. The molecule has 1 atom stereocenters. The number of benzene rings is 2. The summed E-state index contributed by atoms with van der Waals surface area (Å²) in [5.74, 6) is 2.37. The molecule has 12 heteroatoms. The third-order valence-corrected chi connectivity index (χ3v) is 6.62. The number of hydrogen-bond acceptors (Lipinski definition) is 10. The summed E-state index contributed by atoms with van der Waals surface area (Å²) in [5, 5.41) is 14.5. The van der Waals surface area contributed by atoms with Crippen LogP contribution in [0, 0.1) is 6.92 Å². The number of aryl methyl sites for hydroxylation is 2. The molecule has 1 amide bonds. The first-order valence-electron chi connectivity index (χ1n) is 12.5. The van der Waals surface area contributed by atoms with Crippen LogP contribution in [0.25, 0.3) is 22.1 Å². The van der Waals surface area contributed by atoms with Gasteiger partial charge in [0.25, 0.3) is 0 Å². The Morgan fingerprint density at radius 2 is 2.05 bits per heavy atom. The number of hydrogen-bond donors (Lipinski definition) is 2. The topological polar surface area (TPSA) is 136 Å². The first-order valence-corrected chi connectivity index (χ1v) is 12.5. The highest BCUT2D eigenvalue weighted by Gasteiger charge is 2.25. The third kappa shape index (κ3) is 4.91. The normalized spacial score (nSPS) is 15.0. The lowest BCUT2D eigenvalue weighted by Crippen LogP contribution is -2.36.